The van der Waals surface area contributed by atoms with Gasteiger partial charge in [-0.2, -0.15) is 13.2 Å². The van der Waals surface area contributed by atoms with Crippen molar-refractivity contribution in [2.45, 2.75) is 45.5 Å². The molecule has 1 saturated heterocycles. The molecule has 0 aromatic heterocycles. The van der Waals surface area contributed by atoms with Crippen LogP contribution >= 0.6 is 0 Å². The van der Waals surface area contributed by atoms with Crippen LogP contribution in [0.25, 0.3) is 11.1 Å². The summed E-state index contributed by atoms with van der Waals surface area (Å²) in [5.41, 5.74) is 0.962. The van der Waals surface area contributed by atoms with Gasteiger partial charge in [0.05, 0.1) is 5.56 Å². The first-order valence-electron chi connectivity index (χ1n) is 13.1. The maximum atomic E-state index is 14.1. The molecule has 3 aromatic rings. The lowest BCUT2D eigenvalue weighted by atomic mass is 9.84. The number of rotatable bonds is 6. The number of hydrogen-bond donors (Lipinski definition) is 2. The van der Waals surface area contributed by atoms with Crippen molar-refractivity contribution in [1.29, 1.82) is 0 Å². The minimum Gasteiger partial charge on any atom is -0.508 e. The fraction of sp³-hybridized carbons (Fsp3) is 0.355. The number of alkyl halides is 3. The highest BCUT2D eigenvalue weighted by Gasteiger charge is 2.38. The Morgan fingerprint density at radius 1 is 1.00 bits per heavy atom. The molecule has 5 rings (SSSR count). The monoisotopic (exact) mass is 539 g/mol. The standard InChI is InChI=1S/C31H32F3NO4/c1-18-12-13-35(16-18)19(2)17-38-24-8-4-21(5-9-24)30-29(20(3)26-14-22(36)7-11-28(26)39-30)25-10-6-23(37)15-27(25)31(32,33)34/h4-11,14-15,18-19,30,36-37H,12-13,16-17H2,1-3H3. The zero-order valence-electron chi connectivity index (χ0n) is 22.1. The fourth-order valence-corrected chi connectivity index (χ4v) is 5.45. The summed E-state index contributed by atoms with van der Waals surface area (Å²) in [6.45, 7) is 8.78. The van der Waals surface area contributed by atoms with Crippen LogP contribution in [0.3, 0.4) is 0 Å². The van der Waals surface area contributed by atoms with Gasteiger partial charge in [-0.15, -0.1) is 0 Å². The second-order valence-electron chi connectivity index (χ2n) is 10.6. The van der Waals surface area contributed by atoms with Crippen molar-refractivity contribution in [2.75, 3.05) is 19.7 Å². The van der Waals surface area contributed by atoms with E-state index in [1.807, 2.05) is 0 Å². The topological polar surface area (TPSA) is 62.2 Å². The number of halogens is 3. The molecule has 2 aliphatic heterocycles. The van der Waals surface area contributed by atoms with Gasteiger partial charge in [-0.25, -0.2) is 0 Å². The normalized spacial score (nSPS) is 20.5. The maximum Gasteiger partial charge on any atom is 0.417 e. The van der Waals surface area contributed by atoms with Gasteiger partial charge in [-0.1, -0.05) is 25.1 Å². The van der Waals surface area contributed by atoms with Crippen LogP contribution in [0.2, 0.25) is 0 Å². The van der Waals surface area contributed by atoms with E-state index in [0.717, 1.165) is 19.2 Å². The molecular weight excluding hydrogens is 507 g/mol. The highest BCUT2D eigenvalue weighted by Crippen LogP contribution is 2.50. The Morgan fingerprint density at radius 3 is 2.36 bits per heavy atom. The molecule has 2 N–H and O–H groups in total. The number of nitrogens with zero attached hydrogens (tertiary/aromatic N) is 1. The van der Waals surface area contributed by atoms with Crippen molar-refractivity contribution in [3.05, 3.63) is 82.9 Å². The van der Waals surface area contributed by atoms with E-state index < -0.39 is 23.6 Å². The first-order chi connectivity index (χ1) is 18.5. The first-order valence-corrected chi connectivity index (χ1v) is 13.1. The first kappa shape index (κ1) is 26.9. The summed E-state index contributed by atoms with van der Waals surface area (Å²) >= 11 is 0. The molecule has 3 aromatic carbocycles. The predicted molar refractivity (Wildman–Crippen MR) is 144 cm³/mol. The molecule has 2 aliphatic rings. The van der Waals surface area contributed by atoms with Crippen molar-refractivity contribution in [3.63, 3.8) is 0 Å². The molecule has 0 radical (unpaired) electrons. The van der Waals surface area contributed by atoms with Gasteiger partial charge in [0.2, 0.25) is 0 Å². The Balaban J connectivity index is 1.49. The summed E-state index contributed by atoms with van der Waals surface area (Å²) in [6, 6.07) is 15.3. The van der Waals surface area contributed by atoms with Crippen LogP contribution < -0.4 is 9.47 Å². The van der Waals surface area contributed by atoms with Gasteiger partial charge in [0.1, 0.15) is 35.7 Å². The average Bonchev–Trinajstić information content (AvgIpc) is 3.34. The number of benzene rings is 3. The molecule has 0 aliphatic carbocycles. The Labute approximate surface area is 226 Å². The second kappa shape index (κ2) is 10.5. The average molecular weight is 540 g/mol. The van der Waals surface area contributed by atoms with Crippen molar-refractivity contribution in [3.8, 4) is 23.0 Å². The minimum absolute atomic E-state index is 0.0182. The van der Waals surface area contributed by atoms with E-state index in [1.165, 1.54) is 30.7 Å². The van der Waals surface area contributed by atoms with Crippen molar-refractivity contribution >= 4 is 11.1 Å². The van der Waals surface area contributed by atoms with Gasteiger partial charge in [0.15, 0.2) is 0 Å². The smallest absolute Gasteiger partial charge is 0.417 e. The summed E-state index contributed by atoms with van der Waals surface area (Å²) in [7, 11) is 0. The van der Waals surface area contributed by atoms with Gasteiger partial charge in [-0.05, 0) is 91.9 Å². The van der Waals surface area contributed by atoms with E-state index in [2.05, 4.69) is 18.7 Å². The molecule has 0 spiro atoms. The summed E-state index contributed by atoms with van der Waals surface area (Å²) < 4.78 is 54.6. The Kier molecular flexibility index (Phi) is 7.25. The third-order valence-electron chi connectivity index (χ3n) is 7.63. The molecule has 8 heteroatoms. The molecule has 206 valence electrons. The molecule has 1 fully saturated rings. The van der Waals surface area contributed by atoms with Crippen LogP contribution in [0.4, 0.5) is 13.2 Å². The summed E-state index contributed by atoms with van der Waals surface area (Å²) in [6.07, 6.45) is -4.37. The van der Waals surface area contributed by atoms with E-state index in [1.54, 1.807) is 37.3 Å². The second-order valence-corrected chi connectivity index (χ2v) is 10.6. The molecule has 3 atom stereocenters. The highest BCUT2D eigenvalue weighted by molar-refractivity contribution is 5.96. The quantitative estimate of drug-likeness (QED) is 0.345. The molecule has 5 nitrogen and oxygen atoms in total. The van der Waals surface area contributed by atoms with Gasteiger partial charge in [-0.3, -0.25) is 4.90 Å². The van der Waals surface area contributed by atoms with Crippen LogP contribution in [0.5, 0.6) is 23.0 Å². The number of likely N-dealkylation sites (tertiary alicyclic amines) is 1. The van der Waals surface area contributed by atoms with Crippen LogP contribution in [0.1, 0.15) is 55.5 Å². The highest BCUT2D eigenvalue weighted by atomic mass is 19.4. The largest absolute Gasteiger partial charge is 0.508 e. The number of hydrogen-bond acceptors (Lipinski definition) is 5. The molecule has 2 heterocycles. The number of phenolic OH excluding ortho intramolecular Hbond substituents is 2. The zero-order valence-corrected chi connectivity index (χ0v) is 22.1. The number of phenols is 2. The number of allylic oxidation sites excluding steroid dienone is 1. The van der Waals surface area contributed by atoms with E-state index in [4.69, 9.17) is 9.47 Å². The molecule has 0 bridgehead atoms. The Morgan fingerprint density at radius 2 is 1.69 bits per heavy atom. The predicted octanol–water partition coefficient (Wildman–Crippen LogP) is 7.29. The SMILES string of the molecule is CC1=C(c2ccc(O)cc2C(F)(F)F)C(c2ccc(OCC(C)N3CCC(C)C3)cc2)Oc2ccc(O)cc21. The Bertz CT molecular complexity index is 1380. The maximum absolute atomic E-state index is 14.1. The van der Waals surface area contributed by atoms with Crippen molar-refractivity contribution in [2.24, 2.45) is 5.92 Å². The van der Waals surface area contributed by atoms with Gasteiger partial charge in [0.25, 0.3) is 0 Å². The number of fused-ring (bicyclic) bond motifs is 1. The van der Waals surface area contributed by atoms with E-state index >= 15 is 0 Å². The van der Waals surface area contributed by atoms with Gasteiger partial charge in [0, 0.05) is 23.7 Å². The van der Waals surface area contributed by atoms with Crippen molar-refractivity contribution in [1.82, 2.24) is 4.90 Å². The summed E-state index contributed by atoms with van der Waals surface area (Å²) in [5.74, 6) is 1.32. The van der Waals surface area contributed by atoms with Crippen LogP contribution in [-0.4, -0.2) is 40.9 Å². The molecule has 0 saturated carbocycles. The lowest BCUT2D eigenvalue weighted by Crippen LogP contribution is -2.35. The number of aromatic hydroxyl groups is 2. The van der Waals surface area contributed by atoms with E-state index in [9.17, 15) is 23.4 Å². The molecule has 3 unspecified atom stereocenters. The number of ether oxygens (including phenoxy) is 2. The van der Waals surface area contributed by atoms with Gasteiger partial charge < -0.3 is 19.7 Å². The fourth-order valence-electron chi connectivity index (χ4n) is 5.45. The van der Waals surface area contributed by atoms with Crippen LogP contribution in [0, 0.1) is 5.92 Å². The molecule has 0 amide bonds. The summed E-state index contributed by atoms with van der Waals surface area (Å²) in [5, 5.41) is 19.9. The van der Waals surface area contributed by atoms with Crippen molar-refractivity contribution < 1.29 is 32.9 Å². The molecular formula is C31H32F3NO4. The van der Waals surface area contributed by atoms with Crippen LogP contribution in [-0.2, 0) is 6.18 Å². The molecule has 39 heavy (non-hydrogen) atoms. The van der Waals surface area contributed by atoms with Gasteiger partial charge >= 0.3 is 6.18 Å². The third kappa shape index (κ3) is 5.57. The summed E-state index contributed by atoms with van der Waals surface area (Å²) in [4.78, 5) is 2.42. The third-order valence-corrected chi connectivity index (χ3v) is 7.63. The van der Waals surface area contributed by atoms with Crippen LogP contribution in [0.15, 0.2) is 60.7 Å². The van der Waals surface area contributed by atoms with E-state index in [-0.39, 0.29) is 17.4 Å². The Hall–Kier alpha value is -3.65. The lowest BCUT2D eigenvalue weighted by Gasteiger charge is -2.32. The van der Waals surface area contributed by atoms with E-state index in [0.29, 0.717) is 46.3 Å². The zero-order chi connectivity index (χ0) is 27.9. The minimum atomic E-state index is -4.70. The lowest BCUT2D eigenvalue weighted by molar-refractivity contribution is -0.137.